The SMILES string of the molecule is CNCC(C)c1c(C)nn(-c2ccc(Br)cn2)c1C. The highest BCUT2D eigenvalue weighted by atomic mass is 79.9. The minimum absolute atomic E-state index is 0.439. The first-order valence-electron chi connectivity index (χ1n) is 6.37. The van der Waals surface area contributed by atoms with Gasteiger partial charge in [-0.1, -0.05) is 6.92 Å². The molecule has 0 radical (unpaired) electrons. The van der Waals surface area contributed by atoms with Gasteiger partial charge in [-0.25, -0.2) is 9.67 Å². The van der Waals surface area contributed by atoms with E-state index in [0.717, 1.165) is 28.2 Å². The summed E-state index contributed by atoms with van der Waals surface area (Å²) in [6.45, 7) is 7.32. The molecule has 102 valence electrons. The van der Waals surface area contributed by atoms with Gasteiger partial charge in [0.2, 0.25) is 0 Å². The standard InChI is InChI=1S/C14H19BrN4/c1-9(7-16-4)14-10(2)18-19(11(14)3)13-6-5-12(15)8-17-13/h5-6,8-9,16H,7H2,1-4H3. The van der Waals surface area contributed by atoms with Gasteiger partial charge in [0.25, 0.3) is 0 Å². The first-order valence-corrected chi connectivity index (χ1v) is 7.16. The van der Waals surface area contributed by atoms with Crippen LogP contribution in [0.1, 0.15) is 29.8 Å². The zero-order chi connectivity index (χ0) is 14.0. The number of likely N-dealkylation sites (N-methyl/N-ethyl adjacent to an activating group) is 1. The molecule has 0 aliphatic carbocycles. The number of halogens is 1. The van der Waals surface area contributed by atoms with Crippen molar-refractivity contribution in [1.29, 1.82) is 0 Å². The van der Waals surface area contributed by atoms with E-state index in [2.05, 4.69) is 52.1 Å². The number of hydrogen-bond donors (Lipinski definition) is 1. The molecule has 5 heteroatoms. The van der Waals surface area contributed by atoms with Gasteiger partial charge < -0.3 is 5.32 Å². The Labute approximate surface area is 122 Å². The molecule has 2 aromatic heterocycles. The summed E-state index contributed by atoms with van der Waals surface area (Å²) in [7, 11) is 1.97. The predicted molar refractivity (Wildman–Crippen MR) is 80.9 cm³/mol. The van der Waals surface area contributed by atoms with Crippen LogP contribution < -0.4 is 5.32 Å². The molecule has 0 saturated carbocycles. The normalized spacial score (nSPS) is 12.7. The van der Waals surface area contributed by atoms with E-state index >= 15 is 0 Å². The van der Waals surface area contributed by atoms with E-state index in [-0.39, 0.29) is 0 Å². The van der Waals surface area contributed by atoms with Gasteiger partial charge in [0.1, 0.15) is 0 Å². The van der Waals surface area contributed by atoms with Crippen molar-refractivity contribution in [3.05, 3.63) is 39.8 Å². The molecule has 4 nitrogen and oxygen atoms in total. The average molecular weight is 323 g/mol. The lowest BCUT2D eigenvalue weighted by Gasteiger charge is -2.11. The van der Waals surface area contributed by atoms with E-state index < -0.39 is 0 Å². The molecule has 0 saturated heterocycles. The van der Waals surface area contributed by atoms with Gasteiger partial charge in [0, 0.05) is 28.5 Å². The maximum Gasteiger partial charge on any atom is 0.153 e. The summed E-state index contributed by atoms with van der Waals surface area (Å²) in [4.78, 5) is 4.41. The van der Waals surface area contributed by atoms with Crippen LogP contribution in [0.25, 0.3) is 5.82 Å². The van der Waals surface area contributed by atoms with Crippen molar-refractivity contribution in [3.8, 4) is 5.82 Å². The largest absolute Gasteiger partial charge is 0.319 e. The molecule has 1 unspecified atom stereocenters. The van der Waals surface area contributed by atoms with Crippen molar-refractivity contribution in [3.63, 3.8) is 0 Å². The molecule has 2 heterocycles. The molecule has 1 atom stereocenters. The van der Waals surface area contributed by atoms with Crippen molar-refractivity contribution >= 4 is 15.9 Å². The van der Waals surface area contributed by atoms with E-state index in [9.17, 15) is 0 Å². The Morgan fingerprint density at radius 2 is 2.11 bits per heavy atom. The third-order valence-electron chi connectivity index (χ3n) is 3.28. The van der Waals surface area contributed by atoms with Crippen LogP contribution in [-0.4, -0.2) is 28.4 Å². The van der Waals surface area contributed by atoms with Gasteiger partial charge in [-0.3, -0.25) is 0 Å². The van der Waals surface area contributed by atoms with Crippen LogP contribution in [0.5, 0.6) is 0 Å². The fraction of sp³-hybridized carbons (Fsp3) is 0.429. The Bertz CT molecular complexity index is 560. The molecule has 1 N–H and O–H groups in total. The second-order valence-corrected chi connectivity index (χ2v) is 5.71. The molecular weight excluding hydrogens is 304 g/mol. The fourth-order valence-corrected chi connectivity index (χ4v) is 2.73. The molecular formula is C14H19BrN4. The lowest BCUT2D eigenvalue weighted by molar-refractivity contribution is 0.670. The van der Waals surface area contributed by atoms with Crippen LogP contribution in [0.3, 0.4) is 0 Å². The summed E-state index contributed by atoms with van der Waals surface area (Å²) < 4.78 is 2.89. The highest BCUT2D eigenvalue weighted by Crippen LogP contribution is 2.24. The van der Waals surface area contributed by atoms with Crippen molar-refractivity contribution in [2.45, 2.75) is 26.7 Å². The maximum atomic E-state index is 4.62. The van der Waals surface area contributed by atoms with Gasteiger partial charge in [-0.15, -0.1) is 0 Å². The highest BCUT2D eigenvalue weighted by molar-refractivity contribution is 9.10. The quantitative estimate of drug-likeness (QED) is 0.941. The number of nitrogens with one attached hydrogen (secondary N) is 1. The summed E-state index contributed by atoms with van der Waals surface area (Å²) >= 11 is 3.40. The molecule has 0 fully saturated rings. The number of aromatic nitrogens is 3. The van der Waals surface area contributed by atoms with Gasteiger partial charge in [-0.05, 0) is 54.9 Å². The topological polar surface area (TPSA) is 42.7 Å². The van der Waals surface area contributed by atoms with E-state index in [0.29, 0.717) is 5.92 Å². The Kier molecular flexibility index (Phi) is 4.37. The zero-order valence-corrected chi connectivity index (χ0v) is 13.3. The van der Waals surface area contributed by atoms with Crippen molar-refractivity contribution in [2.24, 2.45) is 0 Å². The van der Waals surface area contributed by atoms with Crippen molar-refractivity contribution in [2.75, 3.05) is 13.6 Å². The lowest BCUT2D eigenvalue weighted by atomic mass is 9.99. The number of nitrogens with zero attached hydrogens (tertiary/aromatic N) is 3. The van der Waals surface area contributed by atoms with Crippen LogP contribution in [0.4, 0.5) is 0 Å². The molecule has 2 aromatic rings. The van der Waals surface area contributed by atoms with Gasteiger partial charge in [0.05, 0.1) is 5.69 Å². The minimum atomic E-state index is 0.439. The Hall–Kier alpha value is -1.20. The second-order valence-electron chi connectivity index (χ2n) is 4.79. The summed E-state index contributed by atoms with van der Waals surface area (Å²) in [6.07, 6.45) is 1.79. The van der Waals surface area contributed by atoms with Crippen molar-refractivity contribution < 1.29 is 0 Å². The molecule has 2 rings (SSSR count). The molecule has 0 amide bonds. The third kappa shape index (κ3) is 2.87. The van der Waals surface area contributed by atoms with E-state index in [1.54, 1.807) is 6.20 Å². The smallest absolute Gasteiger partial charge is 0.153 e. The first kappa shape index (κ1) is 14.2. The third-order valence-corrected chi connectivity index (χ3v) is 3.75. The first-order chi connectivity index (χ1) is 9.04. The van der Waals surface area contributed by atoms with Gasteiger partial charge in [0.15, 0.2) is 5.82 Å². The monoisotopic (exact) mass is 322 g/mol. The average Bonchev–Trinajstić information content (AvgIpc) is 2.66. The summed E-state index contributed by atoms with van der Waals surface area (Å²) in [6, 6.07) is 3.95. The predicted octanol–water partition coefficient (Wildman–Crippen LogP) is 2.97. The fourth-order valence-electron chi connectivity index (χ4n) is 2.49. The minimum Gasteiger partial charge on any atom is -0.319 e. The molecule has 0 aliphatic rings. The maximum absolute atomic E-state index is 4.62. The molecule has 0 bridgehead atoms. The number of rotatable bonds is 4. The Morgan fingerprint density at radius 1 is 1.37 bits per heavy atom. The summed E-state index contributed by atoms with van der Waals surface area (Å²) in [5, 5.41) is 7.84. The molecule has 0 aromatic carbocycles. The van der Waals surface area contributed by atoms with Gasteiger partial charge >= 0.3 is 0 Å². The van der Waals surface area contributed by atoms with E-state index in [4.69, 9.17) is 0 Å². The molecule has 0 aliphatic heterocycles. The van der Waals surface area contributed by atoms with Crippen LogP contribution in [0.2, 0.25) is 0 Å². The van der Waals surface area contributed by atoms with Gasteiger partial charge in [-0.2, -0.15) is 5.10 Å². The zero-order valence-electron chi connectivity index (χ0n) is 11.7. The summed E-state index contributed by atoms with van der Waals surface area (Å²) in [5.41, 5.74) is 3.54. The summed E-state index contributed by atoms with van der Waals surface area (Å²) in [5.74, 6) is 1.29. The number of hydrogen-bond acceptors (Lipinski definition) is 3. The molecule has 19 heavy (non-hydrogen) atoms. The van der Waals surface area contributed by atoms with E-state index in [1.165, 1.54) is 5.56 Å². The number of aryl methyl sites for hydroxylation is 1. The van der Waals surface area contributed by atoms with Crippen molar-refractivity contribution in [1.82, 2.24) is 20.1 Å². The van der Waals surface area contributed by atoms with E-state index in [1.807, 2.05) is 23.9 Å². The Morgan fingerprint density at radius 3 is 2.68 bits per heavy atom. The van der Waals surface area contributed by atoms with Crippen LogP contribution in [0, 0.1) is 13.8 Å². The van der Waals surface area contributed by atoms with Crippen LogP contribution in [-0.2, 0) is 0 Å². The second kappa shape index (κ2) is 5.84. The molecule has 0 spiro atoms. The highest BCUT2D eigenvalue weighted by Gasteiger charge is 2.18. The van der Waals surface area contributed by atoms with Crippen LogP contribution >= 0.6 is 15.9 Å². The number of pyridine rings is 1. The Balaban J connectivity index is 2.43. The van der Waals surface area contributed by atoms with Crippen LogP contribution in [0.15, 0.2) is 22.8 Å². The lowest BCUT2D eigenvalue weighted by Crippen LogP contribution is -2.15.